The number of amides is 2. The van der Waals surface area contributed by atoms with Crippen LogP contribution in [0.2, 0.25) is 0 Å². The molecule has 1 aromatic rings. The van der Waals surface area contributed by atoms with Gasteiger partial charge >= 0.3 is 6.03 Å². The molecule has 0 radical (unpaired) electrons. The number of methoxy groups -OCH3 is 1. The molecular formula is C13H19N3O2. The molecule has 1 fully saturated rings. The van der Waals surface area contributed by atoms with Gasteiger partial charge in [0.15, 0.2) is 0 Å². The molecule has 2 amide bonds. The Balaban J connectivity index is 1.90. The second-order valence-electron chi connectivity index (χ2n) is 4.49. The lowest BCUT2D eigenvalue weighted by Crippen LogP contribution is -2.39. The summed E-state index contributed by atoms with van der Waals surface area (Å²) in [5.74, 6) is 0.427. The van der Waals surface area contributed by atoms with Crippen LogP contribution in [0.5, 0.6) is 5.88 Å². The fraction of sp³-hybridized carbons (Fsp3) is 0.538. The van der Waals surface area contributed by atoms with Gasteiger partial charge in [0.05, 0.1) is 7.11 Å². The van der Waals surface area contributed by atoms with Gasteiger partial charge in [-0.1, -0.05) is 19.3 Å². The Morgan fingerprint density at radius 3 is 2.89 bits per heavy atom. The number of hydrogen-bond acceptors (Lipinski definition) is 3. The van der Waals surface area contributed by atoms with E-state index >= 15 is 0 Å². The van der Waals surface area contributed by atoms with Gasteiger partial charge in [-0.05, 0) is 25.0 Å². The fourth-order valence-electron chi connectivity index (χ4n) is 2.24. The Bertz CT molecular complexity index is 403. The van der Waals surface area contributed by atoms with Crippen molar-refractivity contribution in [1.29, 1.82) is 0 Å². The second kappa shape index (κ2) is 6.23. The molecule has 0 aromatic carbocycles. The highest BCUT2D eigenvalue weighted by Crippen LogP contribution is 2.20. The van der Waals surface area contributed by atoms with Gasteiger partial charge in [0.2, 0.25) is 5.88 Å². The minimum atomic E-state index is -0.187. The Morgan fingerprint density at radius 1 is 1.39 bits per heavy atom. The first-order valence-corrected chi connectivity index (χ1v) is 6.36. The predicted molar refractivity (Wildman–Crippen MR) is 69.8 cm³/mol. The lowest BCUT2D eigenvalue weighted by molar-refractivity contribution is 0.244. The fourth-order valence-corrected chi connectivity index (χ4v) is 2.24. The number of ether oxygens (including phenoxy) is 1. The third-order valence-corrected chi connectivity index (χ3v) is 3.15. The van der Waals surface area contributed by atoms with E-state index in [4.69, 9.17) is 4.74 Å². The minimum absolute atomic E-state index is 0.187. The first-order valence-electron chi connectivity index (χ1n) is 6.36. The molecule has 5 nitrogen and oxygen atoms in total. The Labute approximate surface area is 107 Å². The van der Waals surface area contributed by atoms with Crippen LogP contribution in [-0.2, 0) is 0 Å². The van der Waals surface area contributed by atoms with Crippen LogP contribution in [-0.4, -0.2) is 24.2 Å². The molecular weight excluding hydrogens is 230 g/mol. The summed E-state index contributed by atoms with van der Waals surface area (Å²) in [4.78, 5) is 15.9. The zero-order valence-corrected chi connectivity index (χ0v) is 10.6. The SMILES string of the molecule is COc1ncccc1NC(=O)NC1CCCCC1. The largest absolute Gasteiger partial charge is 0.480 e. The van der Waals surface area contributed by atoms with E-state index in [2.05, 4.69) is 15.6 Å². The lowest BCUT2D eigenvalue weighted by atomic mass is 9.96. The van der Waals surface area contributed by atoms with Crippen LogP contribution in [0.25, 0.3) is 0 Å². The van der Waals surface area contributed by atoms with Crippen LogP contribution in [0.1, 0.15) is 32.1 Å². The molecule has 1 aromatic heterocycles. The van der Waals surface area contributed by atoms with Crippen molar-refractivity contribution in [3.63, 3.8) is 0 Å². The zero-order valence-electron chi connectivity index (χ0n) is 10.6. The van der Waals surface area contributed by atoms with Crippen molar-refractivity contribution >= 4 is 11.7 Å². The van der Waals surface area contributed by atoms with E-state index in [-0.39, 0.29) is 6.03 Å². The Hall–Kier alpha value is -1.78. The summed E-state index contributed by atoms with van der Waals surface area (Å²) >= 11 is 0. The Kier molecular flexibility index (Phi) is 4.39. The highest BCUT2D eigenvalue weighted by Gasteiger charge is 2.16. The van der Waals surface area contributed by atoms with Gasteiger partial charge in [-0.25, -0.2) is 9.78 Å². The molecule has 0 bridgehead atoms. The molecule has 0 spiro atoms. The normalized spacial score (nSPS) is 16.1. The average Bonchev–Trinajstić information content (AvgIpc) is 2.40. The molecule has 1 aliphatic carbocycles. The van der Waals surface area contributed by atoms with Crippen LogP contribution in [0.4, 0.5) is 10.5 Å². The van der Waals surface area contributed by atoms with Crippen molar-refractivity contribution in [2.24, 2.45) is 0 Å². The summed E-state index contributed by atoms with van der Waals surface area (Å²) < 4.78 is 5.08. The van der Waals surface area contributed by atoms with Crippen LogP contribution in [0, 0.1) is 0 Å². The van der Waals surface area contributed by atoms with Gasteiger partial charge in [-0.3, -0.25) is 0 Å². The predicted octanol–water partition coefficient (Wildman–Crippen LogP) is 2.54. The maximum Gasteiger partial charge on any atom is 0.319 e. The zero-order chi connectivity index (χ0) is 12.8. The van der Waals surface area contributed by atoms with E-state index in [1.165, 1.54) is 26.4 Å². The number of rotatable bonds is 3. The molecule has 98 valence electrons. The number of nitrogens with zero attached hydrogens (tertiary/aromatic N) is 1. The monoisotopic (exact) mass is 249 g/mol. The summed E-state index contributed by atoms with van der Waals surface area (Å²) in [6, 6.07) is 3.64. The first kappa shape index (κ1) is 12.7. The standard InChI is InChI=1S/C13H19N3O2/c1-18-12-11(8-5-9-14-12)16-13(17)15-10-6-3-2-4-7-10/h5,8-10H,2-4,6-7H2,1H3,(H2,15,16,17). The van der Waals surface area contributed by atoms with Gasteiger partial charge in [-0.2, -0.15) is 0 Å². The molecule has 1 aliphatic rings. The highest BCUT2D eigenvalue weighted by molar-refractivity contribution is 5.90. The van der Waals surface area contributed by atoms with Gasteiger partial charge in [0.1, 0.15) is 5.69 Å². The van der Waals surface area contributed by atoms with E-state index < -0.39 is 0 Å². The molecule has 18 heavy (non-hydrogen) atoms. The Morgan fingerprint density at radius 2 is 2.17 bits per heavy atom. The lowest BCUT2D eigenvalue weighted by Gasteiger charge is -2.23. The highest BCUT2D eigenvalue weighted by atomic mass is 16.5. The maximum absolute atomic E-state index is 11.8. The molecule has 1 heterocycles. The average molecular weight is 249 g/mol. The number of anilines is 1. The van der Waals surface area contributed by atoms with Crippen LogP contribution in [0.15, 0.2) is 18.3 Å². The van der Waals surface area contributed by atoms with Crippen molar-refractivity contribution in [2.75, 3.05) is 12.4 Å². The van der Waals surface area contributed by atoms with Crippen molar-refractivity contribution in [3.05, 3.63) is 18.3 Å². The summed E-state index contributed by atoms with van der Waals surface area (Å²) in [6.45, 7) is 0. The van der Waals surface area contributed by atoms with Crippen LogP contribution in [0.3, 0.4) is 0 Å². The quantitative estimate of drug-likeness (QED) is 0.865. The van der Waals surface area contributed by atoms with Crippen molar-refractivity contribution in [3.8, 4) is 5.88 Å². The topological polar surface area (TPSA) is 63.2 Å². The van der Waals surface area contributed by atoms with E-state index in [0.717, 1.165) is 12.8 Å². The number of nitrogens with one attached hydrogen (secondary N) is 2. The molecule has 0 saturated heterocycles. The second-order valence-corrected chi connectivity index (χ2v) is 4.49. The smallest absolute Gasteiger partial charge is 0.319 e. The van der Waals surface area contributed by atoms with Gasteiger partial charge < -0.3 is 15.4 Å². The van der Waals surface area contributed by atoms with E-state index in [1.807, 2.05) is 0 Å². The van der Waals surface area contributed by atoms with Gasteiger partial charge in [0.25, 0.3) is 0 Å². The number of carbonyl (C=O) groups excluding carboxylic acids is 1. The molecule has 2 rings (SSSR count). The summed E-state index contributed by atoms with van der Waals surface area (Å²) in [7, 11) is 1.53. The molecule has 5 heteroatoms. The summed E-state index contributed by atoms with van der Waals surface area (Å²) in [5, 5.41) is 5.76. The molecule has 0 atom stereocenters. The van der Waals surface area contributed by atoms with Crippen molar-refractivity contribution in [2.45, 2.75) is 38.1 Å². The number of hydrogen-bond donors (Lipinski definition) is 2. The number of urea groups is 1. The third kappa shape index (κ3) is 3.35. The number of pyridine rings is 1. The summed E-state index contributed by atoms with van der Waals surface area (Å²) in [6.07, 6.45) is 7.43. The van der Waals surface area contributed by atoms with Crippen LogP contribution >= 0.6 is 0 Å². The number of aromatic nitrogens is 1. The third-order valence-electron chi connectivity index (χ3n) is 3.15. The summed E-state index contributed by atoms with van der Waals surface area (Å²) in [5.41, 5.74) is 0.591. The maximum atomic E-state index is 11.8. The molecule has 1 saturated carbocycles. The van der Waals surface area contributed by atoms with E-state index in [9.17, 15) is 4.79 Å². The van der Waals surface area contributed by atoms with Crippen LogP contribution < -0.4 is 15.4 Å². The molecule has 0 aliphatic heterocycles. The first-order chi connectivity index (χ1) is 8.79. The van der Waals surface area contributed by atoms with Crippen molar-refractivity contribution in [1.82, 2.24) is 10.3 Å². The molecule has 2 N–H and O–H groups in total. The van der Waals surface area contributed by atoms with Gasteiger partial charge in [-0.15, -0.1) is 0 Å². The molecule has 0 unspecified atom stereocenters. The van der Waals surface area contributed by atoms with E-state index in [1.54, 1.807) is 18.3 Å². The minimum Gasteiger partial charge on any atom is -0.480 e. The van der Waals surface area contributed by atoms with Gasteiger partial charge in [0, 0.05) is 12.2 Å². The van der Waals surface area contributed by atoms with Crippen molar-refractivity contribution < 1.29 is 9.53 Å². The number of carbonyl (C=O) groups is 1. The van der Waals surface area contributed by atoms with E-state index in [0.29, 0.717) is 17.6 Å².